The summed E-state index contributed by atoms with van der Waals surface area (Å²) < 4.78 is 0. The highest BCUT2D eigenvalue weighted by atomic mass is 16.3. The van der Waals surface area contributed by atoms with E-state index in [1.807, 2.05) is 0 Å². The molecule has 5 aliphatic rings. The van der Waals surface area contributed by atoms with Crippen molar-refractivity contribution in [1.29, 1.82) is 0 Å². The smallest absolute Gasteiger partial charge is 0.0577 e. The second-order valence-corrected chi connectivity index (χ2v) is 13.1. The molecule has 0 heterocycles. The van der Waals surface area contributed by atoms with Gasteiger partial charge in [-0.3, -0.25) is 0 Å². The zero-order valence-electron chi connectivity index (χ0n) is 20.5. The third kappa shape index (κ3) is 3.27. The van der Waals surface area contributed by atoms with Gasteiger partial charge in [-0.25, -0.2) is 0 Å². The minimum Gasteiger partial charge on any atom is -0.393 e. The van der Waals surface area contributed by atoms with Crippen LogP contribution in [-0.2, 0) is 0 Å². The number of hydrogen-bond donors (Lipinski definition) is 1. The molecule has 0 aromatic carbocycles. The SMILES string of the molecule is CC[C@H](C[C@@H](C)[C@H]1CC[C@H]2[C@@H]3CC=C4C[C@@H](O)CC[C@]4(C)[C@H]3CC[C@]12C)[C@H]1C[C@@H]1C. The van der Waals surface area contributed by atoms with E-state index in [2.05, 4.69) is 40.7 Å². The van der Waals surface area contributed by atoms with Crippen LogP contribution in [0.3, 0.4) is 0 Å². The van der Waals surface area contributed by atoms with Gasteiger partial charge in [0.15, 0.2) is 0 Å². The first-order chi connectivity index (χ1) is 14.3. The van der Waals surface area contributed by atoms with Crippen LogP contribution < -0.4 is 0 Å². The van der Waals surface area contributed by atoms with E-state index in [-0.39, 0.29) is 6.10 Å². The fourth-order valence-electron chi connectivity index (χ4n) is 9.91. The zero-order valence-corrected chi connectivity index (χ0v) is 20.5. The fraction of sp³-hybridized carbons (Fsp3) is 0.931. The molecular formula is C29H48O. The topological polar surface area (TPSA) is 20.2 Å². The van der Waals surface area contributed by atoms with Crippen LogP contribution in [0.15, 0.2) is 11.6 Å². The Balaban J connectivity index is 1.33. The third-order valence-corrected chi connectivity index (χ3v) is 11.8. The van der Waals surface area contributed by atoms with Gasteiger partial charge in [-0.2, -0.15) is 0 Å². The van der Waals surface area contributed by atoms with Crippen molar-refractivity contribution in [3.05, 3.63) is 11.6 Å². The van der Waals surface area contributed by atoms with E-state index in [0.717, 1.165) is 60.2 Å². The van der Waals surface area contributed by atoms with Crippen LogP contribution in [0.4, 0.5) is 0 Å². The number of aliphatic hydroxyl groups excluding tert-OH is 1. The van der Waals surface area contributed by atoms with Crippen LogP contribution in [0.5, 0.6) is 0 Å². The van der Waals surface area contributed by atoms with E-state index in [1.54, 1.807) is 5.57 Å². The lowest BCUT2D eigenvalue weighted by atomic mass is 9.47. The van der Waals surface area contributed by atoms with Crippen LogP contribution in [0.1, 0.15) is 105 Å². The molecule has 5 aliphatic carbocycles. The molecule has 0 radical (unpaired) electrons. The average Bonchev–Trinajstić information content (AvgIpc) is 3.32. The van der Waals surface area contributed by atoms with Crippen molar-refractivity contribution >= 4 is 0 Å². The molecule has 1 N–H and O–H groups in total. The first-order valence-corrected chi connectivity index (χ1v) is 13.7. The van der Waals surface area contributed by atoms with Gasteiger partial charge in [0.2, 0.25) is 0 Å². The van der Waals surface area contributed by atoms with Gasteiger partial charge in [0.25, 0.3) is 0 Å². The lowest BCUT2D eigenvalue weighted by Crippen LogP contribution is -2.50. The van der Waals surface area contributed by atoms with E-state index >= 15 is 0 Å². The predicted octanol–water partition coefficient (Wildman–Crippen LogP) is 7.63. The van der Waals surface area contributed by atoms with Crippen molar-refractivity contribution in [2.75, 3.05) is 0 Å². The van der Waals surface area contributed by atoms with E-state index in [0.29, 0.717) is 10.8 Å². The van der Waals surface area contributed by atoms with Crippen molar-refractivity contribution in [3.8, 4) is 0 Å². The van der Waals surface area contributed by atoms with Crippen LogP contribution in [-0.4, -0.2) is 11.2 Å². The van der Waals surface area contributed by atoms with Gasteiger partial charge in [0.1, 0.15) is 0 Å². The Morgan fingerprint density at radius 3 is 2.57 bits per heavy atom. The summed E-state index contributed by atoms with van der Waals surface area (Å²) in [6, 6.07) is 0. The maximum absolute atomic E-state index is 10.3. The monoisotopic (exact) mass is 412 g/mol. The molecule has 0 aromatic heterocycles. The maximum Gasteiger partial charge on any atom is 0.0577 e. The van der Waals surface area contributed by atoms with Crippen molar-refractivity contribution in [2.45, 2.75) is 111 Å². The highest BCUT2D eigenvalue weighted by molar-refractivity contribution is 5.25. The number of allylic oxidation sites excluding steroid dienone is 1. The molecule has 0 aromatic rings. The van der Waals surface area contributed by atoms with Gasteiger partial charge in [0.05, 0.1) is 6.10 Å². The molecule has 0 spiro atoms. The molecular weight excluding hydrogens is 364 g/mol. The molecule has 0 bridgehead atoms. The number of rotatable bonds is 5. The Kier molecular flexibility index (Phi) is 5.48. The Hall–Kier alpha value is -0.300. The number of fused-ring (bicyclic) bond motifs is 5. The molecule has 4 fully saturated rings. The molecule has 4 saturated carbocycles. The summed E-state index contributed by atoms with van der Waals surface area (Å²) in [6.45, 7) is 12.8. The third-order valence-electron chi connectivity index (χ3n) is 11.8. The minimum atomic E-state index is -0.0767. The van der Waals surface area contributed by atoms with Crippen LogP contribution in [0.25, 0.3) is 0 Å². The fourth-order valence-corrected chi connectivity index (χ4v) is 9.91. The van der Waals surface area contributed by atoms with Crippen molar-refractivity contribution in [1.82, 2.24) is 0 Å². The Morgan fingerprint density at radius 1 is 1.10 bits per heavy atom. The second-order valence-electron chi connectivity index (χ2n) is 13.1. The summed E-state index contributed by atoms with van der Waals surface area (Å²) >= 11 is 0. The summed E-state index contributed by atoms with van der Waals surface area (Å²) in [5.41, 5.74) is 2.60. The van der Waals surface area contributed by atoms with Crippen molar-refractivity contribution in [2.24, 2.45) is 58.2 Å². The quantitative estimate of drug-likeness (QED) is 0.460. The van der Waals surface area contributed by atoms with Crippen molar-refractivity contribution < 1.29 is 5.11 Å². The lowest BCUT2D eigenvalue weighted by molar-refractivity contribution is -0.0582. The average molecular weight is 413 g/mol. The molecule has 0 saturated heterocycles. The largest absolute Gasteiger partial charge is 0.393 e. The van der Waals surface area contributed by atoms with E-state index in [4.69, 9.17) is 0 Å². The van der Waals surface area contributed by atoms with Gasteiger partial charge in [0, 0.05) is 0 Å². The molecule has 0 aliphatic heterocycles. The van der Waals surface area contributed by atoms with Gasteiger partial charge in [-0.1, -0.05) is 52.7 Å². The molecule has 0 unspecified atom stereocenters. The predicted molar refractivity (Wildman–Crippen MR) is 126 cm³/mol. The molecule has 5 rings (SSSR count). The maximum atomic E-state index is 10.3. The van der Waals surface area contributed by atoms with E-state index in [1.165, 1.54) is 57.8 Å². The van der Waals surface area contributed by atoms with Crippen molar-refractivity contribution in [3.63, 3.8) is 0 Å². The second kappa shape index (κ2) is 7.64. The highest BCUT2D eigenvalue weighted by Crippen LogP contribution is 2.67. The zero-order chi connectivity index (χ0) is 21.3. The molecule has 170 valence electrons. The summed E-state index contributed by atoms with van der Waals surface area (Å²) in [4.78, 5) is 0. The van der Waals surface area contributed by atoms with Crippen LogP contribution >= 0.6 is 0 Å². The van der Waals surface area contributed by atoms with Gasteiger partial charge >= 0.3 is 0 Å². The Labute approximate surface area is 186 Å². The molecule has 1 nitrogen and oxygen atoms in total. The van der Waals surface area contributed by atoms with E-state index in [9.17, 15) is 5.11 Å². The number of aliphatic hydroxyl groups is 1. The highest BCUT2D eigenvalue weighted by Gasteiger charge is 2.59. The Bertz CT molecular complexity index is 680. The summed E-state index contributed by atoms with van der Waals surface area (Å²) in [6.07, 6.45) is 17.3. The molecule has 0 amide bonds. The Morgan fingerprint density at radius 2 is 1.87 bits per heavy atom. The van der Waals surface area contributed by atoms with Gasteiger partial charge < -0.3 is 5.11 Å². The number of hydrogen-bond acceptors (Lipinski definition) is 1. The standard InChI is InChI=1S/C29H48O/c1-6-20(24-16-18(24)2)15-19(3)25-9-10-26-23-8-7-21-17-22(30)11-13-28(21,4)27(23)12-14-29(25,26)5/h7,18-20,22-27,30H,6,8-17H2,1-5H3/t18-,19+,20+,22-,23-,24-,25+,26-,27-,28-,29+/m0/s1. The van der Waals surface area contributed by atoms with Gasteiger partial charge in [-0.15, -0.1) is 0 Å². The normalized spacial score (nSPS) is 51.9. The van der Waals surface area contributed by atoms with E-state index < -0.39 is 0 Å². The molecule has 1 heteroatoms. The summed E-state index contributed by atoms with van der Waals surface area (Å²) in [5.74, 6) is 7.64. The first kappa shape index (κ1) is 21.5. The van der Waals surface area contributed by atoms with Crippen LogP contribution in [0, 0.1) is 58.2 Å². The minimum absolute atomic E-state index is 0.0767. The first-order valence-electron chi connectivity index (χ1n) is 13.7. The summed E-state index contributed by atoms with van der Waals surface area (Å²) in [7, 11) is 0. The van der Waals surface area contributed by atoms with Gasteiger partial charge in [-0.05, 0) is 122 Å². The molecule has 30 heavy (non-hydrogen) atoms. The lowest BCUT2D eigenvalue weighted by Gasteiger charge is -2.58. The molecule has 11 atom stereocenters. The van der Waals surface area contributed by atoms with Crippen LogP contribution in [0.2, 0.25) is 0 Å². The summed E-state index contributed by atoms with van der Waals surface area (Å²) in [5, 5.41) is 10.3.